The zero-order chi connectivity index (χ0) is 28.4. The van der Waals surface area contributed by atoms with Crippen LogP contribution in [0.3, 0.4) is 0 Å². The molecule has 1 aliphatic heterocycles. The first-order valence-electron chi connectivity index (χ1n) is 15.1. The summed E-state index contributed by atoms with van der Waals surface area (Å²) in [7, 11) is 0. The molecule has 3 heterocycles. The maximum absolute atomic E-state index is 13.4. The summed E-state index contributed by atoms with van der Waals surface area (Å²) in [6, 6.07) is 17.6. The van der Waals surface area contributed by atoms with E-state index in [9.17, 15) is 4.79 Å². The van der Waals surface area contributed by atoms with Gasteiger partial charge in [0.25, 0.3) is 5.91 Å². The van der Waals surface area contributed by atoms with Crippen molar-refractivity contribution in [1.82, 2.24) is 20.3 Å². The number of aromatic amines is 1. The van der Waals surface area contributed by atoms with E-state index in [1.807, 2.05) is 54.7 Å². The van der Waals surface area contributed by atoms with E-state index < -0.39 is 0 Å². The minimum atomic E-state index is -0.189. The summed E-state index contributed by atoms with van der Waals surface area (Å²) in [5, 5.41) is 6.43. The molecule has 216 valence electrons. The number of nitrogens with one attached hydrogen (secondary N) is 3. The number of rotatable bonds is 13. The van der Waals surface area contributed by atoms with Crippen molar-refractivity contribution in [3.8, 4) is 11.4 Å². The first kappa shape index (κ1) is 28.8. The molecule has 0 atom stereocenters. The van der Waals surface area contributed by atoms with Gasteiger partial charge in [0.1, 0.15) is 17.2 Å². The smallest absolute Gasteiger partial charge is 0.257 e. The van der Waals surface area contributed by atoms with Crippen molar-refractivity contribution in [3.05, 3.63) is 71.9 Å². The lowest BCUT2D eigenvalue weighted by Gasteiger charge is -2.23. The number of fused-ring (bicyclic) bond motifs is 1. The van der Waals surface area contributed by atoms with Crippen LogP contribution in [0, 0.1) is 0 Å². The van der Waals surface area contributed by atoms with Gasteiger partial charge < -0.3 is 25.3 Å². The fourth-order valence-electron chi connectivity index (χ4n) is 5.24. The van der Waals surface area contributed by atoms with Crippen molar-refractivity contribution in [2.75, 3.05) is 36.4 Å². The van der Waals surface area contributed by atoms with Crippen molar-refractivity contribution >= 4 is 28.4 Å². The summed E-state index contributed by atoms with van der Waals surface area (Å²) >= 11 is 0. The minimum absolute atomic E-state index is 0.189. The maximum atomic E-state index is 13.4. The molecule has 0 unspecified atom stereocenters. The lowest BCUT2D eigenvalue weighted by atomic mass is 10.1. The van der Waals surface area contributed by atoms with E-state index in [1.54, 1.807) is 0 Å². The average molecular weight is 555 g/mol. The largest absolute Gasteiger partial charge is 0.373 e. The molecular weight excluding hydrogens is 512 g/mol. The van der Waals surface area contributed by atoms with E-state index >= 15 is 0 Å². The molecule has 4 aromatic rings. The Hall–Kier alpha value is -3.75. The number of H-pyrrole nitrogens is 1. The molecule has 0 spiro atoms. The van der Waals surface area contributed by atoms with Gasteiger partial charge in [-0.3, -0.25) is 4.79 Å². The number of hydrogen-bond acceptors (Lipinski definition) is 6. The molecule has 0 bridgehead atoms. The Balaban J connectivity index is 1.32. The molecule has 2 aromatic heterocycles. The SMILES string of the molecule is CCCCN(CCCC)c1cc(-c2nc3c(C(=O)Nc4cccc(COC5CCNCC5)c4)cccc3[nH]2)ccn1. The number of carbonyl (C=O) groups excluding carboxylic acids is 1. The number of anilines is 2. The third-order valence-electron chi connectivity index (χ3n) is 7.62. The van der Waals surface area contributed by atoms with Gasteiger partial charge in [0, 0.05) is 30.5 Å². The number of para-hydroxylation sites is 1. The number of ether oxygens (including phenoxy) is 1. The second kappa shape index (κ2) is 14.2. The van der Waals surface area contributed by atoms with Crippen molar-refractivity contribution in [1.29, 1.82) is 0 Å². The quantitative estimate of drug-likeness (QED) is 0.173. The van der Waals surface area contributed by atoms with Crippen LogP contribution in [-0.4, -0.2) is 53.1 Å². The Bertz CT molecular complexity index is 1420. The maximum Gasteiger partial charge on any atom is 0.257 e. The predicted molar refractivity (Wildman–Crippen MR) is 166 cm³/mol. The van der Waals surface area contributed by atoms with E-state index in [0.29, 0.717) is 17.7 Å². The van der Waals surface area contributed by atoms with Crippen molar-refractivity contribution in [2.45, 2.75) is 65.1 Å². The number of carbonyl (C=O) groups is 1. The van der Waals surface area contributed by atoms with E-state index in [-0.39, 0.29) is 12.0 Å². The summed E-state index contributed by atoms with van der Waals surface area (Å²) in [5.74, 6) is 1.50. The molecule has 3 N–H and O–H groups in total. The summed E-state index contributed by atoms with van der Waals surface area (Å²) in [5.41, 5.74) is 4.75. The van der Waals surface area contributed by atoms with E-state index in [1.165, 1.54) is 0 Å². The number of aromatic nitrogens is 3. The summed E-state index contributed by atoms with van der Waals surface area (Å²) in [4.78, 5) is 28.8. The topological polar surface area (TPSA) is 95.2 Å². The van der Waals surface area contributed by atoms with Gasteiger partial charge in [0.2, 0.25) is 0 Å². The fourth-order valence-corrected chi connectivity index (χ4v) is 5.24. The number of imidazole rings is 1. The van der Waals surface area contributed by atoms with Gasteiger partial charge in [-0.2, -0.15) is 0 Å². The molecule has 8 heteroatoms. The lowest BCUT2D eigenvalue weighted by Crippen LogP contribution is -2.32. The number of benzene rings is 2. The van der Waals surface area contributed by atoms with Crippen LogP contribution in [0.15, 0.2) is 60.8 Å². The second-order valence-electron chi connectivity index (χ2n) is 10.8. The molecule has 41 heavy (non-hydrogen) atoms. The van der Waals surface area contributed by atoms with Crippen molar-refractivity contribution in [3.63, 3.8) is 0 Å². The summed E-state index contributed by atoms with van der Waals surface area (Å²) < 4.78 is 6.10. The zero-order valence-electron chi connectivity index (χ0n) is 24.3. The number of piperidine rings is 1. The Morgan fingerprint density at radius 2 is 1.80 bits per heavy atom. The lowest BCUT2D eigenvalue weighted by molar-refractivity contribution is 0.0212. The Morgan fingerprint density at radius 3 is 2.59 bits per heavy atom. The number of pyridine rings is 1. The van der Waals surface area contributed by atoms with Gasteiger partial charge >= 0.3 is 0 Å². The highest BCUT2D eigenvalue weighted by atomic mass is 16.5. The van der Waals surface area contributed by atoms with Gasteiger partial charge in [-0.25, -0.2) is 9.97 Å². The van der Waals surface area contributed by atoms with E-state index in [2.05, 4.69) is 45.4 Å². The second-order valence-corrected chi connectivity index (χ2v) is 10.8. The highest BCUT2D eigenvalue weighted by molar-refractivity contribution is 6.11. The Morgan fingerprint density at radius 1 is 1.02 bits per heavy atom. The first-order chi connectivity index (χ1) is 20.1. The monoisotopic (exact) mass is 554 g/mol. The van der Waals surface area contributed by atoms with Crippen LogP contribution in [0.1, 0.15) is 68.3 Å². The normalized spacial score (nSPS) is 13.9. The highest BCUT2D eigenvalue weighted by Crippen LogP contribution is 2.26. The molecule has 0 radical (unpaired) electrons. The number of nitrogens with zero attached hydrogens (tertiary/aromatic N) is 3. The first-order valence-corrected chi connectivity index (χ1v) is 15.1. The summed E-state index contributed by atoms with van der Waals surface area (Å²) in [6.45, 7) is 8.94. The highest BCUT2D eigenvalue weighted by Gasteiger charge is 2.17. The Kier molecular flexibility index (Phi) is 9.99. The van der Waals surface area contributed by atoms with Crippen molar-refractivity contribution < 1.29 is 9.53 Å². The third kappa shape index (κ3) is 7.51. The van der Waals surface area contributed by atoms with Crippen LogP contribution in [-0.2, 0) is 11.3 Å². The molecule has 0 aliphatic carbocycles. The standard InChI is InChI=1S/C33H42N6O2/c1-3-5-19-39(20-6-4-2)30-22-25(13-18-35-30)32-37-29-12-8-11-28(31(29)38-32)33(40)36-26-10-7-9-24(21-26)23-41-27-14-16-34-17-15-27/h7-13,18,21-22,27,34H,3-6,14-17,19-20,23H2,1-2H3,(H,36,40)(H,37,38). The van der Waals surface area contributed by atoms with Crippen LogP contribution in [0.5, 0.6) is 0 Å². The van der Waals surface area contributed by atoms with Gasteiger partial charge in [0.05, 0.1) is 23.8 Å². The van der Waals surface area contributed by atoms with Gasteiger partial charge in [-0.1, -0.05) is 44.9 Å². The third-order valence-corrected chi connectivity index (χ3v) is 7.62. The van der Waals surface area contributed by atoms with E-state index in [0.717, 1.165) is 98.7 Å². The fraction of sp³-hybridized carbons (Fsp3) is 0.424. The van der Waals surface area contributed by atoms with Crippen LogP contribution in [0.2, 0.25) is 0 Å². The van der Waals surface area contributed by atoms with E-state index in [4.69, 9.17) is 9.72 Å². The average Bonchev–Trinajstić information content (AvgIpc) is 3.46. The van der Waals surface area contributed by atoms with Gasteiger partial charge in [-0.15, -0.1) is 0 Å². The molecular formula is C33H42N6O2. The molecule has 5 rings (SSSR count). The molecule has 1 amide bonds. The Labute approximate surface area is 242 Å². The molecule has 1 saturated heterocycles. The van der Waals surface area contributed by atoms with Crippen LogP contribution in [0.4, 0.5) is 11.5 Å². The number of amides is 1. The summed E-state index contributed by atoms with van der Waals surface area (Å²) in [6.07, 6.45) is 8.75. The zero-order valence-corrected chi connectivity index (χ0v) is 24.3. The van der Waals surface area contributed by atoms with Gasteiger partial charge in [-0.05, 0) is 80.7 Å². The van der Waals surface area contributed by atoms with Crippen LogP contribution >= 0.6 is 0 Å². The molecule has 0 saturated carbocycles. The molecule has 1 fully saturated rings. The van der Waals surface area contributed by atoms with Gasteiger partial charge in [0.15, 0.2) is 0 Å². The predicted octanol–water partition coefficient (Wildman–Crippen LogP) is 6.55. The number of hydrogen-bond donors (Lipinski definition) is 3. The van der Waals surface area contributed by atoms with Crippen molar-refractivity contribution in [2.24, 2.45) is 0 Å². The van der Waals surface area contributed by atoms with Crippen LogP contribution < -0.4 is 15.5 Å². The molecule has 8 nitrogen and oxygen atoms in total. The molecule has 1 aliphatic rings. The number of unbranched alkanes of at least 4 members (excludes halogenated alkanes) is 2. The molecule has 2 aromatic carbocycles. The minimum Gasteiger partial charge on any atom is -0.373 e. The van der Waals surface area contributed by atoms with Crippen LogP contribution in [0.25, 0.3) is 22.4 Å².